The first-order chi connectivity index (χ1) is 11.4. The van der Waals surface area contributed by atoms with E-state index in [1.807, 2.05) is 26.0 Å². The van der Waals surface area contributed by atoms with E-state index in [9.17, 15) is 4.79 Å². The van der Waals surface area contributed by atoms with Crippen LogP contribution in [-0.2, 0) is 4.79 Å². The Kier molecular flexibility index (Phi) is 6.93. The number of rotatable bonds is 6. The Hall–Kier alpha value is -1.26. The van der Waals surface area contributed by atoms with Gasteiger partial charge in [-0.1, -0.05) is 24.6 Å². The van der Waals surface area contributed by atoms with Crippen LogP contribution in [0.5, 0.6) is 5.75 Å². The van der Waals surface area contributed by atoms with E-state index >= 15 is 0 Å². The molecule has 0 bridgehead atoms. The van der Waals surface area contributed by atoms with Crippen LogP contribution in [0.3, 0.4) is 0 Å². The van der Waals surface area contributed by atoms with E-state index < -0.39 is 6.10 Å². The number of nitrogens with zero attached hydrogens (tertiary/aromatic N) is 1. The monoisotopic (exact) mass is 352 g/mol. The Bertz CT molecular complexity index is 554. The molecule has 0 spiro atoms. The molecule has 1 aliphatic rings. The fourth-order valence-electron chi connectivity index (χ4n) is 3.03. The number of carbonyl (C=O) groups excluding carboxylic acids is 1. The molecule has 0 aromatic heterocycles. The molecule has 0 saturated carbocycles. The number of carbonyl (C=O) groups is 1. The third-order valence-corrected chi connectivity index (χ3v) is 4.94. The van der Waals surface area contributed by atoms with Crippen LogP contribution in [0.25, 0.3) is 0 Å². The van der Waals surface area contributed by atoms with Crippen LogP contribution in [-0.4, -0.2) is 42.1 Å². The molecule has 1 saturated heterocycles. The predicted molar refractivity (Wildman–Crippen MR) is 98.8 cm³/mol. The highest BCUT2D eigenvalue weighted by atomic mass is 35.5. The van der Waals surface area contributed by atoms with E-state index in [1.165, 1.54) is 0 Å². The summed E-state index contributed by atoms with van der Waals surface area (Å²) in [4.78, 5) is 15.0. The third kappa shape index (κ3) is 5.12. The van der Waals surface area contributed by atoms with E-state index in [1.54, 1.807) is 6.07 Å². The van der Waals surface area contributed by atoms with Crippen molar-refractivity contribution in [3.05, 3.63) is 28.8 Å². The summed E-state index contributed by atoms with van der Waals surface area (Å²) >= 11 is 6.18. The van der Waals surface area contributed by atoms with E-state index in [0.717, 1.165) is 31.5 Å². The number of piperidine rings is 1. The van der Waals surface area contributed by atoms with Crippen molar-refractivity contribution in [2.75, 3.05) is 13.1 Å². The van der Waals surface area contributed by atoms with Crippen molar-refractivity contribution in [1.29, 1.82) is 0 Å². The van der Waals surface area contributed by atoms with Crippen molar-refractivity contribution in [3.63, 3.8) is 0 Å². The van der Waals surface area contributed by atoms with Gasteiger partial charge < -0.3 is 15.0 Å². The van der Waals surface area contributed by atoms with Gasteiger partial charge in [0.05, 0.1) is 5.02 Å². The fraction of sp³-hybridized carbons (Fsp3) is 0.632. The lowest BCUT2D eigenvalue weighted by Crippen LogP contribution is -2.49. The molecular weight excluding hydrogens is 324 g/mol. The minimum atomic E-state index is -0.507. The minimum absolute atomic E-state index is 0.0435. The van der Waals surface area contributed by atoms with E-state index in [4.69, 9.17) is 16.3 Å². The second kappa shape index (κ2) is 8.72. The maximum atomic E-state index is 12.6. The summed E-state index contributed by atoms with van der Waals surface area (Å²) in [5, 5.41) is 3.69. The summed E-state index contributed by atoms with van der Waals surface area (Å²) in [6, 6.07) is 6.41. The van der Waals surface area contributed by atoms with Crippen molar-refractivity contribution < 1.29 is 9.53 Å². The molecule has 4 nitrogen and oxygen atoms in total. The zero-order valence-corrected chi connectivity index (χ0v) is 15.9. The van der Waals surface area contributed by atoms with E-state index in [-0.39, 0.29) is 11.9 Å². The lowest BCUT2D eigenvalue weighted by atomic mass is 10.0. The molecule has 1 aliphatic heterocycles. The molecule has 5 heteroatoms. The maximum Gasteiger partial charge on any atom is 0.261 e. The average molecular weight is 353 g/mol. The molecule has 1 aromatic rings. The molecule has 24 heavy (non-hydrogen) atoms. The number of nitrogens with one attached hydrogen (secondary N) is 1. The predicted octanol–water partition coefficient (Wildman–Crippen LogP) is 3.79. The minimum Gasteiger partial charge on any atom is -0.479 e. The molecule has 1 amide bonds. The number of likely N-dealkylation sites (tertiary alicyclic amines) is 1. The molecule has 1 atom stereocenters. The van der Waals surface area contributed by atoms with Gasteiger partial charge in [-0.25, -0.2) is 0 Å². The molecule has 0 unspecified atom stereocenters. The third-order valence-electron chi connectivity index (χ3n) is 4.63. The van der Waals surface area contributed by atoms with Gasteiger partial charge in [-0.15, -0.1) is 0 Å². The Morgan fingerprint density at radius 2 is 2.04 bits per heavy atom. The van der Waals surface area contributed by atoms with Crippen LogP contribution >= 0.6 is 11.6 Å². The molecule has 134 valence electrons. The first-order valence-corrected chi connectivity index (χ1v) is 9.25. The van der Waals surface area contributed by atoms with Crippen LogP contribution in [0, 0.1) is 6.92 Å². The Balaban J connectivity index is 1.91. The summed E-state index contributed by atoms with van der Waals surface area (Å²) in [5.74, 6) is 0.534. The van der Waals surface area contributed by atoms with Crippen molar-refractivity contribution in [2.45, 2.75) is 65.1 Å². The van der Waals surface area contributed by atoms with Gasteiger partial charge in [-0.05, 0) is 57.7 Å². The first-order valence-electron chi connectivity index (χ1n) is 8.88. The molecule has 1 fully saturated rings. The van der Waals surface area contributed by atoms with Crippen LogP contribution in [0.2, 0.25) is 5.02 Å². The van der Waals surface area contributed by atoms with Gasteiger partial charge >= 0.3 is 0 Å². The fourth-order valence-corrected chi connectivity index (χ4v) is 3.19. The SMILES string of the molecule is CC[C@@H](Oc1cc(C)ccc1Cl)C(=O)NC1CCN(C(C)C)CC1. The Morgan fingerprint density at radius 1 is 1.38 bits per heavy atom. The molecule has 1 aromatic carbocycles. The number of ether oxygens (including phenoxy) is 1. The summed E-state index contributed by atoms with van der Waals surface area (Å²) in [7, 11) is 0. The highest BCUT2D eigenvalue weighted by molar-refractivity contribution is 6.32. The van der Waals surface area contributed by atoms with Gasteiger partial charge in [-0.3, -0.25) is 4.79 Å². The zero-order valence-electron chi connectivity index (χ0n) is 15.1. The zero-order chi connectivity index (χ0) is 17.7. The lowest BCUT2D eigenvalue weighted by molar-refractivity contribution is -0.129. The van der Waals surface area contributed by atoms with E-state index in [0.29, 0.717) is 23.2 Å². The molecule has 2 rings (SSSR count). The Morgan fingerprint density at radius 3 is 2.62 bits per heavy atom. The van der Waals surface area contributed by atoms with Crippen molar-refractivity contribution in [3.8, 4) is 5.75 Å². The van der Waals surface area contributed by atoms with Gasteiger partial charge in [0.15, 0.2) is 6.10 Å². The number of amides is 1. The number of halogens is 1. The summed E-state index contributed by atoms with van der Waals surface area (Å²) < 4.78 is 5.88. The number of hydrogen-bond acceptors (Lipinski definition) is 3. The molecular formula is C19H29ClN2O2. The summed E-state index contributed by atoms with van der Waals surface area (Å²) in [6.07, 6.45) is 2.09. The van der Waals surface area contributed by atoms with Gasteiger partial charge in [0.2, 0.25) is 0 Å². The number of hydrogen-bond donors (Lipinski definition) is 1. The second-order valence-corrected chi connectivity index (χ2v) is 7.27. The lowest BCUT2D eigenvalue weighted by Gasteiger charge is -2.35. The van der Waals surface area contributed by atoms with Crippen molar-refractivity contribution >= 4 is 17.5 Å². The van der Waals surface area contributed by atoms with Crippen LogP contribution < -0.4 is 10.1 Å². The van der Waals surface area contributed by atoms with Crippen LogP contribution in [0.15, 0.2) is 18.2 Å². The smallest absolute Gasteiger partial charge is 0.261 e. The number of benzene rings is 1. The summed E-state index contributed by atoms with van der Waals surface area (Å²) in [5.41, 5.74) is 1.06. The highest BCUT2D eigenvalue weighted by Gasteiger charge is 2.26. The van der Waals surface area contributed by atoms with Gasteiger partial charge in [0.25, 0.3) is 5.91 Å². The van der Waals surface area contributed by atoms with Crippen LogP contribution in [0.4, 0.5) is 0 Å². The molecule has 1 heterocycles. The largest absolute Gasteiger partial charge is 0.479 e. The molecule has 1 N–H and O–H groups in total. The van der Waals surface area contributed by atoms with Crippen molar-refractivity contribution in [1.82, 2.24) is 10.2 Å². The van der Waals surface area contributed by atoms with Gasteiger partial charge in [0, 0.05) is 25.2 Å². The molecule has 0 aliphatic carbocycles. The summed E-state index contributed by atoms with van der Waals surface area (Å²) in [6.45, 7) is 10.4. The van der Waals surface area contributed by atoms with E-state index in [2.05, 4.69) is 24.1 Å². The highest BCUT2D eigenvalue weighted by Crippen LogP contribution is 2.27. The second-order valence-electron chi connectivity index (χ2n) is 6.86. The van der Waals surface area contributed by atoms with Gasteiger partial charge in [0.1, 0.15) is 5.75 Å². The number of aryl methyl sites for hydroxylation is 1. The topological polar surface area (TPSA) is 41.6 Å². The quantitative estimate of drug-likeness (QED) is 0.846. The van der Waals surface area contributed by atoms with Gasteiger partial charge in [-0.2, -0.15) is 0 Å². The molecule has 0 radical (unpaired) electrons. The van der Waals surface area contributed by atoms with Crippen LogP contribution in [0.1, 0.15) is 45.6 Å². The Labute approximate surface area is 150 Å². The normalized spacial score (nSPS) is 17.8. The standard InChI is InChI=1S/C19H29ClN2O2/c1-5-17(24-18-12-14(4)6-7-16(18)20)19(23)21-15-8-10-22(11-9-15)13(2)3/h6-7,12-13,15,17H,5,8-11H2,1-4H3,(H,21,23)/t17-/m1/s1. The average Bonchev–Trinajstić information content (AvgIpc) is 2.56. The first kappa shape index (κ1) is 19.1. The van der Waals surface area contributed by atoms with Crippen molar-refractivity contribution in [2.24, 2.45) is 0 Å². The maximum absolute atomic E-state index is 12.6.